The van der Waals surface area contributed by atoms with Gasteiger partial charge in [0.1, 0.15) is 11.5 Å². The molecule has 1 unspecified atom stereocenters. The lowest BCUT2D eigenvalue weighted by molar-refractivity contribution is -0.120. The largest absolute Gasteiger partial charge is 0.457 e. The van der Waals surface area contributed by atoms with Gasteiger partial charge >= 0.3 is 0 Å². The molecule has 2 N–H and O–H groups in total. The van der Waals surface area contributed by atoms with E-state index in [1.807, 2.05) is 54.6 Å². The summed E-state index contributed by atoms with van der Waals surface area (Å²) in [5.41, 5.74) is 0.768. The number of piperidine rings is 1. The third kappa shape index (κ3) is 3.86. The van der Waals surface area contributed by atoms with E-state index in [1.165, 1.54) is 0 Å². The van der Waals surface area contributed by atoms with Crippen LogP contribution in [-0.2, 0) is 4.79 Å². The number of carbonyl (C=O) groups excluding carboxylic acids is 1. The molecule has 1 saturated heterocycles. The summed E-state index contributed by atoms with van der Waals surface area (Å²) in [5.74, 6) is 1.62. The third-order valence-electron chi connectivity index (χ3n) is 3.75. The first-order chi connectivity index (χ1) is 10.8. The average molecular weight is 296 g/mol. The fraction of sp³-hybridized carbons (Fsp3) is 0.278. The lowest BCUT2D eigenvalue weighted by Gasteiger charge is -2.22. The Hall–Kier alpha value is -2.33. The molecular weight excluding hydrogens is 276 g/mol. The molecule has 0 bridgehead atoms. The van der Waals surface area contributed by atoms with E-state index in [2.05, 4.69) is 10.6 Å². The van der Waals surface area contributed by atoms with E-state index in [0.717, 1.165) is 37.4 Å². The van der Waals surface area contributed by atoms with Crippen LogP contribution in [0.1, 0.15) is 12.8 Å². The van der Waals surface area contributed by atoms with E-state index in [0.29, 0.717) is 5.75 Å². The van der Waals surface area contributed by atoms with Gasteiger partial charge in [-0.1, -0.05) is 24.3 Å². The van der Waals surface area contributed by atoms with Gasteiger partial charge in [-0.15, -0.1) is 0 Å². The van der Waals surface area contributed by atoms with Crippen molar-refractivity contribution in [3.8, 4) is 11.5 Å². The highest BCUT2D eigenvalue weighted by atomic mass is 16.5. The molecule has 0 aromatic heterocycles. The molecule has 1 atom stereocenters. The van der Waals surface area contributed by atoms with Crippen molar-refractivity contribution in [3.63, 3.8) is 0 Å². The first kappa shape index (κ1) is 14.6. The fourth-order valence-electron chi connectivity index (χ4n) is 2.58. The minimum Gasteiger partial charge on any atom is -0.457 e. The standard InChI is InChI=1S/C18H20N2O2/c21-18(14-6-5-11-19-13-14)20-15-7-4-10-17(12-15)22-16-8-2-1-3-9-16/h1-4,7-10,12,14,19H,5-6,11,13H2,(H,20,21). The van der Waals surface area contributed by atoms with Crippen molar-refractivity contribution in [3.05, 3.63) is 54.6 Å². The number of carbonyl (C=O) groups is 1. The molecule has 0 radical (unpaired) electrons. The van der Waals surface area contributed by atoms with Crippen LogP contribution in [0.4, 0.5) is 5.69 Å². The van der Waals surface area contributed by atoms with Gasteiger partial charge in [0.05, 0.1) is 5.92 Å². The molecule has 0 saturated carbocycles. The molecule has 0 spiro atoms. The van der Waals surface area contributed by atoms with E-state index in [1.54, 1.807) is 0 Å². The number of anilines is 1. The molecule has 2 aromatic carbocycles. The highest BCUT2D eigenvalue weighted by Crippen LogP contribution is 2.24. The molecule has 3 rings (SSSR count). The van der Waals surface area contributed by atoms with Crippen molar-refractivity contribution in [1.29, 1.82) is 0 Å². The van der Waals surface area contributed by atoms with Crippen molar-refractivity contribution in [2.45, 2.75) is 12.8 Å². The topological polar surface area (TPSA) is 50.4 Å². The van der Waals surface area contributed by atoms with Gasteiger partial charge < -0.3 is 15.4 Å². The van der Waals surface area contributed by atoms with Crippen LogP contribution in [-0.4, -0.2) is 19.0 Å². The Labute approximate surface area is 130 Å². The Morgan fingerprint density at radius 1 is 1.09 bits per heavy atom. The highest BCUT2D eigenvalue weighted by molar-refractivity contribution is 5.92. The van der Waals surface area contributed by atoms with E-state index >= 15 is 0 Å². The number of rotatable bonds is 4. The van der Waals surface area contributed by atoms with Crippen LogP contribution in [0, 0.1) is 5.92 Å². The molecule has 1 aliphatic heterocycles. The predicted molar refractivity (Wildman–Crippen MR) is 87.2 cm³/mol. The molecule has 1 fully saturated rings. The molecule has 4 nitrogen and oxygen atoms in total. The number of nitrogens with one attached hydrogen (secondary N) is 2. The van der Waals surface area contributed by atoms with Crippen LogP contribution in [0.3, 0.4) is 0 Å². The van der Waals surface area contributed by atoms with Gasteiger partial charge in [0.25, 0.3) is 0 Å². The zero-order valence-electron chi connectivity index (χ0n) is 12.4. The first-order valence-electron chi connectivity index (χ1n) is 7.66. The number of para-hydroxylation sites is 1. The number of hydrogen-bond acceptors (Lipinski definition) is 3. The zero-order chi connectivity index (χ0) is 15.2. The second kappa shape index (κ2) is 7.09. The van der Waals surface area contributed by atoms with Gasteiger partial charge in [-0.2, -0.15) is 0 Å². The van der Waals surface area contributed by atoms with Gasteiger partial charge in [-0.3, -0.25) is 4.79 Å². The van der Waals surface area contributed by atoms with Gasteiger partial charge in [-0.05, 0) is 43.7 Å². The van der Waals surface area contributed by atoms with Crippen LogP contribution >= 0.6 is 0 Å². The van der Waals surface area contributed by atoms with Crippen molar-refractivity contribution >= 4 is 11.6 Å². The molecule has 4 heteroatoms. The monoisotopic (exact) mass is 296 g/mol. The summed E-state index contributed by atoms with van der Waals surface area (Å²) in [6, 6.07) is 17.1. The minimum atomic E-state index is 0.0486. The van der Waals surface area contributed by atoms with E-state index in [9.17, 15) is 4.79 Å². The van der Waals surface area contributed by atoms with Gasteiger partial charge in [-0.25, -0.2) is 0 Å². The van der Waals surface area contributed by atoms with E-state index < -0.39 is 0 Å². The molecular formula is C18H20N2O2. The molecule has 2 aromatic rings. The zero-order valence-corrected chi connectivity index (χ0v) is 12.4. The number of benzene rings is 2. The second-order valence-corrected chi connectivity index (χ2v) is 5.48. The summed E-state index contributed by atoms with van der Waals surface area (Å²) in [6.07, 6.45) is 1.99. The maximum absolute atomic E-state index is 12.2. The summed E-state index contributed by atoms with van der Waals surface area (Å²) < 4.78 is 5.78. The van der Waals surface area contributed by atoms with Crippen molar-refractivity contribution < 1.29 is 9.53 Å². The lowest BCUT2D eigenvalue weighted by Crippen LogP contribution is -2.37. The molecule has 114 valence electrons. The maximum Gasteiger partial charge on any atom is 0.228 e. The number of ether oxygens (including phenoxy) is 1. The summed E-state index contributed by atoms with van der Waals surface area (Å²) in [4.78, 5) is 12.2. The van der Waals surface area contributed by atoms with Crippen molar-refractivity contribution in [2.24, 2.45) is 5.92 Å². The van der Waals surface area contributed by atoms with Crippen LogP contribution < -0.4 is 15.4 Å². The molecule has 1 aliphatic rings. The predicted octanol–water partition coefficient (Wildman–Crippen LogP) is 3.42. The Morgan fingerprint density at radius 3 is 2.68 bits per heavy atom. The Morgan fingerprint density at radius 2 is 1.91 bits per heavy atom. The third-order valence-corrected chi connectivity index (χ3v) is 3.75. The summed E-state index contributed by atoms with van der Waals surface area (Å²) in [6.45, 7) is 1.76. The Kier molecular flexibility index (Phi) is 4.71. The van der Waals surface area contributed by atoms with Gasteiger partial charge in [0, 0.05) is 18.3 Å². The van der Waals surface area contributed by atoms with Crippen LogP contribution in [0.5, 0.6) is 11.5 Å². The molecule has 1 amide bonds. The normalized spacial score (nSPS) is 17.7. The molecule has 0 aliphatic carbocycles. The second-order valence-electron chi connectivity index (χ2n) is 5.48. The quantitative estimate of drug-likeness (QED) is 0.909. The maximum atomic E-state index is 12.2. The van der Waals surface area contributed by atoms with Crippen molar-refractivity contribution in [1.82, 2.24) is 5.32 Å². The summed E-state index contributed by atoms with van der Waals surface area (Å²) >= 11 is 0. The average Bonchev–Trinajstić information content (AvgIpc) is 2.57. The van der Waals surface area contributed by atoms with Crippen LogP contribution in [0.15, 0.2) is 54.6 Å². The lowest BCUT2D eigenvalue weighted by atomic mass is 9.99. The van der Waals surface area contributed by atoms with Crippen LogP contribution in [0.2, 0.25) is 0 Å². The first-order valence-corrected chi connectivity index (χ1v) is 7.66. The molecule has 22 heavy (non-hydrogen) atoms. The Bertz CT molecular complexity index is 622. The van der Waals surface area contributed by atoms with Gasteiger partial charge in [0.15, 0.2) is 0 Å². The van der Waals surface area contributed by atoms with E-state index in [-0.39, 0.29) is 11.8 Å². The SMILES string of the molecule is O=C(Nc1cccc(Oc2ccccc2)c1)C1CCCNC1. The number of hydrogen-bond donors (Lipinski definition) is 2. The highest BCUT2D eigenvalue weighted by Gasteiger charge is 2.20. The fourth-order valence-corrected chi connectivity index (χ4v) is 2.58. The van der Waals surface area contributed by atoms with Crippen molar-refractivity contribution in [2.75, 3.05) is 18.4 Å². The summed E-state index contributed by atoms with van der Waals surface area (Å²) in [5, 5.41) is 6.24. The number of amides is 1. The van der Waals surface area contributed by atoms with Gasteiger partial charge in [0.2, 0.25) is 5.91 Å². The minimum absolute atomic E-state index is 0.0486. The summed E-state index contributed by atoms with van der Waals surface area (Å²) in [7, 11) is 0. The Balaban J connectivity index is 1.64. The van der Waals surface area contributed by atoms with E-state index in [4.69, 9.17) is 4.74 Å². The van der Waals surface area contributed by atoms with Crippen LogP contribution in [0.25, 0.3) is 0 Å². The smallest absolute Gasteiger partial charge is 0.228 e. The molecule has 1 heterocycles.